The van der Waals surface area contributed by atoms with Crippen LogP contribution in [0.15, 0.2) is 0 Å². The molecule has 1 aliphatic rings. The Hall–Kier alpha value is 0.310. The van der Waals surface area contributed by atoms with Gasteiger partial charge in [-0.05, 0) is 44.6 Å². The van der Waals surface area contributed by atoms with Crippen LogP contribution in [0.25, 0.3) is 0 Å². The largest absolute Gasteiger partial charge is 0.306 e. The van der Waals surface area contributed by atoms with Gasteiger partial charge in [-0.1, -0.05) is 32.1 Å². The molecule has 84 valence electrons. The van der Waals surface area contributed by atoms with Crippen molar-refractivity contribution in [2.45, 2.75) is 44.9 Å². The molecular weight excluding hydrogens is 190 g/mol. The van der Waals surface area contributed by atoms with Gasteiger partial charge < -0.3 is 4.90 Å². The summed E-state index contributed by atoms with van der Waals surface area (Å²) in [5.41, 5.74) is 0. The SMILES string of the molecule is CN(CCCS)CCC1CCCCC1. The van der Waals surface area contributed by atoms with Gasteiger partial charge in [-0.15, -0.1) is 0 Å². The molecule has 1 rings (SSSR count). The van der Waals surface area contributed by atoms with Crippen LogP contribution < -0.4 is 0 Å². The summed E-state index contributed by atoms with van der Waals surface area (Å²) in [5.74, 6) is 2.05. The van der Waals surface area contributed by atoms with Crippen LogP contribution in [-0.4, -0.2) is 30.8 Å². The van der Waals surface area contributed by atoms with E-state index >= 15 is 0 Å². The number of thiol groups is 1. The van der Waals surface area contributed by atoms with Crippen LogP contribution in [-0.2, 0) is 0 Å². The molecule has 1 saturated carbocycles. The van der Waals surface area contributed by atoms with Crippen molar-refractivity contribution in [3.63, 3.8) is 0 Å². The Bertz CT molecular complexity index is 132. The quantitative estimate of drug-likeness (QED) is 0.666. The van der Waals surface area contributed by atoms with Crippen LogP contribution in [0.2, 0.25) is 0 Å². The van der Waals surface area contributed by atoms with Gasteiger partial charge in [-0.2, -0.15) is 12.6 Å². The second kappa shape index (κ2) is 7.58. The zero-order valence-electron chi connectivity index (χ0n) is 9.54. The second-order valence-corrected chi connectivity index (χ2v) is 5.12. The van der Waals surface area contributed by atoms with Crippen molar-refractivity contribution in [2.75, 3.05) is 25.9 Å². The zero-order valence-corrected chi connectivity index (χ0v) is 10.4. The van der Waals surface area contributed by atoms with Crippen molar-refractivity contribution in [3.05, 3.63) is 0 Å². The van der Waals surface area contributed by atoms with Gasteiger partial charge in [0, 0.05) is 0 Å². The molecule has 1 aliphatic carbocycles. The molecule has 1 fully saturated rings. The third-order valence-electron chi connectivity index (χ3n) is 3.34. The van der Waals surface area contributed by atoms with E-state index in [1.165, 1.54) is 58.0 Å². The van der Waals surface area contributed by atoms with Crippen molar-refractivity contribution in [3.8, 4) is 0 Å². The molecule has 0 aromatic rings. The number of nitrogens with zero attached hydrogens (tertiary/aromatic N) is 1. The summed E-state index contributed by atoms with van der Waals surface area (Å²) in [7, 11) is 2.24. The monoisotopic (exact) mass is 215 g/mol. The lowest BCUT2D eigenvalue weighted by atomic mass is 9.87. The summed E-state index contributed by atoms with van der Waals surface area (Å²) in [6.45, 7) is 2.51. The van der Waals surface area contributed by atoms with Crippen molar-refractivity contribution >= 4 is 12.6 Å². The van der Waals surface area contributed by atoms with E-state index in [9.17, 15) is 0 Å². The lowest BCUT2D eigenvalue weighted by Crippen LogP contribution is -2.23. The first kappa shape index (κ1) is 12.4. The summed E-state index contributed by atoms with van der Waals surface area (Å²) >= 11 is 4.24. The van der Waals surface area contributed by atoms with Crippen LogP contribution in [0.1, 0.15) is 44.9 Å². The molecular formula is C12H25NS. The molecule has 0 heterocycles. The first-order valence-corrected chi connectivity index (χ1v) is 6.75. The van der Waals surface area contributed by atoms with Crippen LogP contribution >= 0.6 is 12.6 Å². The molecule has 14 heavy (non-hydrogen) atoms. The molecule has 0 atom stereocenters. The minimum Gasteiger partial charge on any atom is -0.306 e. The minimum absolute atomic E-state index is 1.02. The van der Waals surface area contributed by atoms with E-state index in [1.807, 2.05) is 0 Å². The highest BCUT2D eigenvalue weighted by Crippen LogP contribution is 2.26. The standard InChI is InChI=1S/C12H25NS/c1-13(9-5-11-14)10-8-12-6-3-2-4-7-12/h12,14H,2-11H2,1H3. The molecule has 0 bridgehead atoms. The van der Waals surface area contributed by atoms with Crippen LogP contribution in [0.5, 0.6) is 0 Å². The Morgan fingerprint density at radius 2 is 1.86 bits per heavy atom. The summed E-state index contributed by atoms with van der Waals surface area (Å²) in [4.78, 5) is 2.46. The van der Waals surface area contributed by atoms with E-state index in [0.29, 0.717) is 0 Å². The molecule has 0 N–H and O–H groups in total. The van der Waals surface area contributed by atoms with Gasteiger partial charge >= 0.3 is 0 Å². The fraction of sp³-hybridized carbons (Fsp3) is 1.00. The average Bonchev–Trinajstić information content (AvgIpc) is 2.25. The molecule has 0 spiro atoms. The van der Waals surface area contributed by atoms with E-state index in [0.717, 1.165) is 11.7 Å². The molecule has 2 heteroatoms. The maximum Gasteiger partial charge on any atom is -0.00140 e. The van der Waals surface area contributed by atoms with Crippen molar-refractivity contribution in [2.24, 2.45) is 5.92 Å². The van der Waals surface area contributed by atoms with E-state index in [4.69, 9.17) is 0 Å². The summed E-state index contributed by atoms with van der Waals surface area (Å²) < 4.78 is 0. The van der Waals surface area contributed by atoms with Crippen LogP contribution in [0.3, 0.4) is 0 Å². The Kier molecular flexibility index (Phi) is 6.70. The van der Waals surface area contributed by atoms with Crippen LogP contribution in [0, 0.1) is 5.92 Å². The maximum absolute atomic E-state index is 4.24. The number of hydrogen-bond donors (Lipinski definition) is 1. The summed E-state index contributed by atoms with van der Waals surface area (Å²) in [6.07, 6.45) is 10.1. The smallest absolute Gasteiger partial charge is 0.00140 e. The topological polar surface area (TPSA) is 3.24 Å². The fourth-order valence-electron chi connectivity index (χ4n) is 2.33. The Morgan fingerprint density at radius 1 is 1.14 bits per heavy atom. The summed E-state index contributed by atoms with van der Waals surface area (Å²) in [5, 5.41) is 0. The van der Waals surface area contributed by atoms with Gasteiger partial charge in [0.15, 0.2) is 0 Å². The molecule has 0 aliphatic heterocycles. The number of hydrogen-bond acceptors (Lipinski definition) is 2. The Labute approximate surface area is 94.7 Å². The minimum atomic E-state index is 1.02. The Morgan fingerprint density at radius 3 is 2.50 bits per heavy atom. The third-order valence-corrected chi connectivity index (χ3v) is 3.66. The summed E-state index contributed by atoms with van der Waals surface area (Å²) in [6, 6.07) is 0. The maximum atomic E-state index is 4.24. The predicted octanol–water partition coefficient (Wildman–Crippen LogP) is 3.21. The van der Waals surface area contributed by atoms with Gasteiger partial charge in [-0.3, -0.25) is 0 Å². The molecule has 0 aromatic carbocycles. The van der Waals surface area contributed by atoms with E-state index < -0.39 is 0 Å². The second-order valence-electron chi connectivity index (χ2n) is 4.67. The van der Waals surface area contributed by atoms with Crippen molar-refractivity contribution < 1.29 is 0 Å². The van der Waals surface area contributed by atoms with Crippen LogP contribution in [0.4, 0.5) is 0 Å². The molecule has 0 radical (unpaired) electrons. The van der Waals surface area contributed by atoms with Gasteiger partial charge in [0.25, 0.3) is 0 Å². The van der Waals surface area contributed by atoms with Gasteiger partial charge in [-0.25, -0.2) is 0 Å². The number of rotatable bonds is 6. The molecule has 0 saturated heterocycles. The molecule has 0 unspecified atom stereocenters. The highest BCUT2D eigenvalue weighted by Gasteiger charge is 2.13. The van der Waals surface area contributed by atoms with E-state index in [-0.39, 0.29) is 0 Å². The van der Waals surface area contributed by atoms with Gasteiger partial charge in [0.05, 0.1) is 0 Å². The lowest BCUT2D eigenvalue weighted by Gasteiger charge is -2.24. The lowest BCUT2D eigenvalue weighted by molar-refractivity contribution is 0.265. The highest BCUT2D eigenvalue weighted by atomic mass is 32.1. The van der Waals surface area contributed by atoms with Gasteiger partial charge in [0.1, 0.15) is 0 Å². The molecule has 0 aromatic heterocycles. The normalized spacial score (nSPS) is 19.1. The fourth-order valence-corrected chi connectivity index (χ4v) is 2.47. The first-order valence-electron chi connectivity index (χ1n) is 6.12. The third kappa shape index (κ3) is 5.26. The predicted molar refractivity (Wildman–Crippen MR) is 67.2 cm³/mol. The van der Waals surface area contributed by atoms with Gasteiger partial charge in [0.2, 0.25) is 0 Å². The van der Waals surface area contributed by atoms with Crippen molar-refractivity contribution in [1.82, 2.24) is 4.90 Å². The average molecular weight is 215 g/mol. The van der Waals surface area contributed by atoms with E-state index in [2.05, 4.69) is 24.6 Å². The van der Waals surface area contributed by atoms with E-state index in [1.54, 1.807) is 0 Å². The Balaban J connectivity index is 2.00. The first-order chi connectivity index (χ1) is 6.83. The molecule has 1 nitrogen and oxygen atoms in total. The highest BCUT2D eigenvalue weighted by molar-refractivity contribution is 7.80. The zero-order chi connectivity index (χ0) is 10.2. The van der Waals surface area contributed by atoms with Crippen molar-refractivity contribution in [1.29, 1.82) is 0 Å². The molecule has 0 amide bonds.